The molecule has 0 saturated carbocycles. The van der Waals surface area contributed by atoms with Crippen LogP contribution in [0.2, 0.25) is 0 Å². The van der Waals surface area contributed by atoms with Crippen molar-refractivity contribution < 1.29 is 23.9 Å². The Morgan fingerprint density at radius 3 is 2.25 bits per heavy atom. The molecule has 5 rings (SSSR count). The molecule has 0 bridgehead atoms. The number of amides is 3. The summed E-state index contributed by atoms with van der Waals surface area (Å²) in [5.74, 6) is -0.152. The first kappa shape index (κ1) is 27.8. The number of hydrazine groups is 1. The molecule has 0 aliphatic carbocycles. The fraction of sp³-hybridized carbons (Fsp3) is 0.467. The molecule has 10 heteroatoms. The number of piperazine rings is 1. The maximum Gasteiger partial charge on any atom is 0.415 e. The van der Waals surface area contributed by atoms with E-state index in [1.807, 2.05) is 43.1 Å². The standard InChI is InChI=1S/C30H37N5O5/c1-21(2)19-25(35(32-17-14-31-15-18-32)28(37)22-9-5-3-6-10-22)29(38)33-16-13-24-27(33)26(36)20-34(24)30(39)40-23-11-7-4-8-12-23/h3-12,21,24-25,27,31H,13-20H2,1-2H3. The van der Waals surface area contributed by atoms with Gasteiger partial charge in [-0.15, -0.1) is 0 Å². The molecule has 2 aromatic rings. The lowest BCUT2D eigenvalue weighted by molar-refractivity contribution is -0.147. The van der Waals surface area contributed by atoms with Crippen LogP contribution in [0, 0.1) is 5.92 Å². The SMILES string of the molecule is CC(C)CC(C(=O)N1CCC2C1C(=O)CN2C(=O)Oc1ccccc1)N(C(=O)c1ccccc1)N1CCNCC1. The molecule has 212 valence electrons. The van der Waals surface area contributed by atoms with Crippen molar-refractivity contribution in [1.82, 2.24) is 25.1 Å². The van der Waals surface area contributed by atoms with Gasteiger partial charge in [0.2, 0.25) is 5.91 Å². The van der Waals surface area contributed by atoms with Gasteiger partial charge in [0.05, 0.1) is 12.6 Å². The van der Waals surface area contributed by atoms with Crippen LogP contribution in [0.15, 0.2) is 60.7 Å². The molecule has 40 heavy (non-hydrogen) atoms. The Labute approximate surface area is 234 Å². The minimum absolute atomic E-state index is 0.107. The second-order valence-corrected chi connectivity index (χ2v) is 11.0. The van der Waals surface area contributed by atoms with Crippen LogP contribution in [0.25, 0.3) is 0 Å². The summed E-state index contributed by atoms with van der Waals surface area (Å²) in [4.78, 5) is 57.6. The highest BCUT2D eigenvalue weighted by Crippen LogP contribution is 2.33. The van der Waals surface area contributed by atoms with Gasteiger partial charge in [0, 0.05) is 38.3 Å². The summed E-state index contributed by atoms with van der Waals surface area (Å²) >= 11 is 0. The molecular weight excluding hydrogens is 510 g/mol. The van der Waals surface area contributed by atoms with Crippen LogP contribution in [0.5, 0.6) is 5.75 Å². The Morgan fingerprint density at radius 1 is 0.950 bits per heavy atom. The van der Waals surface area contributed by atoms with Crippen LogP contribution in [0.4, 0.5) is 4.79 Å². The van der Waals surface area contributed by atoms with E-state index in [2.05, 4.69) is 5.32 Å². The van der Waals surface area contributed by atoms with Crippen molar-refractivity contribution in [2.75, 3.05) is 39.3 Å². The minimum atomic E-state index is -0.775. The summed E-state index contributed by atoms with van der Waals surface area (Å²) in [7, 11) is 0. The number of nitrogens with zero attached hydrogens (tertiary/aromatic N) is 4. The van der Waals surface area contributed by atoms with Gasteiger partial charge >= 0.3 is 6.09 Å². The molecule has 10 nitrogen and oxygen atoms in total. The number of ketones is 1. The average molecular weight is 548 g/mol. The third kappa shape index (κ3) is 5.73. The third-order valence-corrected chi connectivity index (χ3v) is 7.79. The van der Waals surface area contributed by atoms with E-state index < -0.39 is 24.2 Å². The lowest BCUT2D eigenvalue weighted by Gasteiger charge is -2.43. The van der Waals surface area contributed by atoms with Gasteiger partial charge in [0.15, 0.2) is 5.78 Å². The van der Waals surface area contributed by atoms with E-state index >= 15 is 0 Å². The lowest BCUT2D eigenvalue weighted by atomic mass is 10.00. The number of rotatable bonds is 7. The molecule has 0 aromatic heterocycles. The van der Waals surface area contributed by atoms with E-state index in [4.69, 9.17) is 4.74 Å². The Bertz CT molecular complexity index is 1220. The van der Waals surface area contributed by atoms with Gasteiger partial charge in [0.25, 0.3) is 5.91 Å². The zero-order valence-corrected chi connectivity index (χ0v) is 23.1. The van der Waals surface area contributed by atoms with Crippen LogP contribution >= 0.6 is 0 Å². The summed E-state index contributed by atoms with van der Waals surface area (Å²) in [6.45, 7) is 6.85. The maximum atomic E-state index is 14.4. The molecule has 0 spiro atoms. The van der Waals surface area contributed by atoms with Crippen molar-refractivity contribution in [3.05, 3.63) is 66.2 Å². The van der Waals surface area contributed by atoms with Gasteiger partial charge in [-0.2, -0.15) is 0 Å². The van der Waals surface area contributed by atoms with Gasteiger partial charge in [-0.25, -0.2) is 9.80 Å². The normalized spacial score (nSPS) is 21.8. The fourth-order valence-corrected chi connectivity index (χ4v) is 5.96. The minimum Gasteiger partial charge on any atom is -0.410 e. The second-order valence-electron chi connectivity index (χ2n) is 11.0. The number of Topliss-reactive ketones (excluding diaryl/α,β-unsaturated/α-hetero) is 1. The topological polar surface area (TPSA) is 102 Å². The van der Waals surface area contributed by atoms with E-state index in [0.29, 0.717) is 56.9 Å². The van der Waals surface area contributed by atoms with Gasteiger partial charge in [0.1, 0.15) is 17.8 Å². The zero-order chi connectivity index (χ0) is 28.2. The van der Waals surface area contributed by atoms with Crippen molar-refractivity contribution in [1.29, 1.82) is 0 Å². The number of para-hydroxylation sites is 1. The van der Waals surface area contributed by atoms with Crippen molar-refractivity contribution in [2.24, 2.45) is 5.92 Å². The molecule has 3 atom stereocenters. The second kappa shape index (κ2) is 12.2. The largest absolute Gasteiger partial charge is 0.415 e. The van der Waals surface area contributed by atoms with Gasteiger partial charge in [-0.1, -0.05) is 50.2 Å². The monoisotopic (exact) mass is 547 g/mol. The van der Waals surface area contributed by atoms with Crippen molar-refractivity contribution in [2.45, 2.75) is 44.8 Å². The highest BCUT2D eigenvalue weighted by molar-refractivity contribution is 6.00. The van der Waals surface area contributed by atoms with Gasteiger partial charge in [-0.05, 0) is 43.0 Å². The number of nitrogens with one attached hydrogen (secondary N) is 1. The molecule has 3 aliphatic heterocycles. The predicted octanol–water partition coefficient (Wildman–Crippen LogP) is 2.42. The van der Waals surface area contributed by atoms with Crippen LogP contribution in [0.3, 0.4) is 0 Å². The summed E-state index contributed by atoms with van der Waals surface area (Å²) in [5, 5.41) is 6.91. The Morgan fingerprint density at radius 2 is 1.60 bits per heavy atom. The van der Waals surface area contributed by atoms with Gasteiger partial charge < -0.3 is 15.0 Å². The van der Waals surface area contributed by atoms with Crippen molar-refractivity contribution in [3.63, 3.8) is 0 Å². The molecule has 1 N–H and O–H groups in total. The van der Waals surface area contributed by atoms with Gasteiger partial charge in [-0.3, -0.25) is 24.3 Å². The van der Waals surface area contributed by atoms with Crippen LogP contribution < -0.4 is 10.1 Å². The maximum absolute atomic E-state index is 14.4. The highest BCUT2D eigenvalue weighted by Gasteiger charge is 2.53. The van der Waals surface area contributed by atoms with Crippen molar-refractivity contribution >= 4 is 23.7 Å². The number of benzene rings is 2. The smallest absolute Gasteiger partial charge is 0.410 e. The fourth-order valence-electron chi connectivity index (χ4n) is 5.96. The van der Waals surface area contributed by atoms with E-state index in [1.165, 1.54) is 4.90 Å². The number of hydrogen-bond acceptors (Lipinski definition) is 7. The number of hydrogen-bond donors (Lipinski definition) is 1. The van der Waals surface area contributed by atoms with Crippen molar-refractivity contribution in [3.8, 4) is 5.75 Å². The summed E-state index contributed by atoms with van der Waals surface area (Å²) in [5.41, 5.74) is 0.508. The lowest BCUT2D eigenvalue weighted by Crippen LogP contribution is -2.62. The zero-order valence-electron chi connectivity index (χ0n) is 23.1. The molecular formula is C30H37N5O5. The summed E-state index contributed by atoms with van der Waals surface area (Å²) < 4.78 is 5.51. The van der Waals surface area contributed by atoms with E-state index in [9.17, 15) is 19.2 Å². The molecule has 2 aromatic carbocycles. The number of likely N-dealkylation sites (tertiary alicyclic amines) is 2. The van der Waals surface area contributed by atoms with E-state index in [-0.39, 0.29) is 30.1 Å². The molecule has 3 saturated heterocycles. The van der Waals surface area contributed by atoms with Crippen LogP contribution in [-0.2, 0) is 9.59 Å². The quantitative estimate of drug-likeness (QED) is 0.568. The Hall–Kier alpha value is -3.76. The first-order chi connectivity index (χ1) is 19.3. The Balaban J connectivity index is 1.40. The van der Waals surface area contributed by atoms with Crippen LogP contribution in [-0.4, -0.2) is 101 Å². The molecule has 3 fully saturated rings. The molecule has 3 heterocycles. The third-order valence-electron chi connectivity index (χ3n) is 7.79. The summed E-state index contributed by atoms with van der Waals surface area (Å²) in [6, 6.07) is 15.8. The first-order valence-electron chi connectivity index (χ1n) is 14.1. The number of carbonyl (C=O) groups is 4. The Kier molecular flexibility index (Phi) is 8.46. The van der Waals surface area contributed by atoms with Crippen LogP contribution in [0.1, 0.15) is 37.0 Å². The molecule has 3 amide bonds. The van der Waals surface area contributed by atoms with E-state index in [0.717, 1.165) is 0 Å². The first-order valence-corrected chi connectivity index (χ1v) is 14.1. The predicted molar refractivity (Wildman–Crippen MR) is 148 cm³/mol. The summed E-state index contributed by atoms with van der Waals surface area (Å²) in [6.07, 6.45) is 0.325. The molecule has 3 unspecified atom stereocenters. The number of carbonyl (C=O) groups excluding carboxylic acids is 4. The van der Waals surface area contributed by atoms with E-state index in [1.54, 1.807) is 46.3 Å². The number of fused-ring (bicyclic) bond motifs is 1. The number of ether oxygens (including phenoxy) is 1. The average Bonchev–Trinajstić information content (AvgIpc) is 3.55. The molecule has 3 aliphatic rings. The highest BCUT2D eigenvalue weighted by atomic mass is 16.6. The molecule has 0 radical (unpaired) electrons.